The highest BCUT2D eigenvalue weighted by Gasteiger charge is 2.16. The van der Waals surface area contributed by atoms with Crippen molar-refractivity contribution in [1.29, 1.82) is 0 Å². The monoisotopic (exact) mass is 670 g/mol. The number of aromatic nitrogens is 2. The summed E-state index contributed by atoms with van der Waals surface area (Å²) in [6.07, 6.45) is 4.46. The Balaban J connectivity index is 0.00000190. The number of nitrogens with zero attached hydrogens (tertiary/aromatic N) is 2. The Morgan fingerprint density at radius 1 is 0.346 bits per heavy atom. The van der Waals surface area contributed by atoms with Crippen LogP contribution in [0.1, 0.15) is 27.7 Å². The van der Waals surface area contributed by atoms with Gasteiger partial charge in [0.05, 0.1) is 16.6 Å². The molecule has 9 aromatic rings. The zero-order valence-corrected chi connectivity index (χ0v) is 30.2. The van der Waals surface area contributed by atoms with Crippen molar-refractivity contribution < 1.29 is 0 Å². The first-order valence-corrected chi connectivity index (χ1v) is 18.3. The van der Waals surface area contributed by atoms with E-state index in [1.807, 2.05) is 13.8 Å². The van der Waals surface area contributed by atoms with E-state index < -0.39 is 0 Å². The van der Waals surface area contributed by atoms with Crippen LogP contribution in [-0.2, 0) is 0 Å². The van der Waals surface area contributed by atoms with E-state index >= 15 is 0 Å². The van der Waals surface area contributed by atoms with Gasteiger partial charge in [0.25, 0.3) is 0 Å². The molecule has 0 saturated carbocycles. The molecule has 0 unspecified atom stereocenters. The quantitative estimate of drug-likeness (QED) is 0.172. The fraction of sp³-hybridized carbons (Fsp3) is 0.0800. The van der Waals surface area contributed by atoms with Gasteiger partial charge in [-0.3, -0.25) is 0 Å². The summed E-state index contributed by atoms with van der Waals surface area (Å²) >= 11 is 0. The molecule has 252 valence electrons. The van der Waals surface area contributed by atoms with Crippen LogP contribution in [0.2, 0.25) is 0 Å². The maximum atomic E-state index is 2.41. The Hall–Kier alpha value is -6.38. The summed E-state index contributed by atoms with van der Waals surface area (Å²) < 4.78 is 4.79. The van der Waals surface area contributed by atoms with Gasteiger partial charge in [-0.1, -0.05) is 135 Å². The van der Waals surface area contributed by atoms with E-state index in [1.165, 1.54) is 82.3 Å². The number of para-hydroxylation sites is 1. The summed E-state index contributed by atoms with van der Waals surface area (Å²) in [7, 11) is 0. The molecule has 0 N–H and O–H groups in total. The van der Waals surface area contributed by atoms with Crippen LogP contribution in [0.15, 0.2) is 170 Å². The molecule has 0 aliphatic rings. The summed E-state index contributed by atoms with van der Waals surface area (Å²) in [5.41, 5.74) is 13.2. The average Bonchev–Trinajstić information content (AvgIpc) is 3.73. The topological polar surface area (TPSA) is 9.86 Å². The van der Waals surface area contributed by atoms with Gasteiger partial charge in [0, 0.05) is 38.1 Å². The second-order valence-corrected chi connectivity index (χ2v) is 12.9. The first-order valence-electron chi connectivity index (χ1n) is 18.3. The molecular weight excluding hydrogens is 629 g/mol. The second-order valence-electron chi connectivity index (χ2n) is 12.9. The van der Waals surface area contributed by atoms with Crippen molar-refractivity contribution in [2.24, 2.45) is 0 Å². The van der Waals surface area contributed by atoms with Crippen molar-refractivity contribution in [2.75, 3.05) is 0 Å². The molecule has 0 radical (unpaired) electrons. The van der Waals surface area contributed by atoms with Crippen LogP contribution in [0.5, 0.6) is 0 Å². The third kappa shape index (κ3) is 5.63. The zero-order valence-electron chi connectivity index (χ0n) is 30.2. The van der Waals surface area contributed by atoms with Crippen LogP contribution in [0.25, 0.3) is 89.6 Å². The minimum atomic E-state index is 1.15. The summed E-state index contributed by atoms with van der Waals surface area (Å²) in [6, 6.07) is 61.7. The predicted molar refractivity (Wildman–Crippen MR) is 225 cm³/mol. The van der Waals surface area contributed by atoms with Gasteiger partial charge in [-0.05, 0) is 108 Å². The van der Waals surface area contributed by atoms with Crippen LogP contribution in [-0.4, -0.2) is 9.13 Å². The van der Waals surface area contributed by atoms with Crippen LogP contribution >= 0.6 is 0 Å². The smallest absolute Gasteiger partial charge is 0.0541 e. The highest BCUT2D eigenvalue weighted by atomic mass is 15.0. The molecule has 0 amide bonds. The largest absolute Gasteiger partial charge is 0.310 e. The maximum Gasteiger partial charge on any atom is 0.0541 e. The van der Waals surface area contributed by atoms with Crippen molar-refractivity contribution in [3.05, 3.63) is 180 Å². The molecule has 2 nitrogen and oxygen atoms in total. The van der Waals surface area contributed by atoms with Crippen LogP contribution in [0, 0.1) is 0 Å². The van der Waals surface area contributed by atoms with Crippen LogP contribution in [0.4, 0.5) is 0 Å². The minimum Gasteiger partial charge on any atom is -0.310 e. The molecule has 0 aliphatic heterocycles. The standard InChI is InChI=1S/C48H36N2.C2H6/c1-3-41-42-31-37(23-28-46(42)49(45(41)4-2)39-18-12-7-13-19-39)38-24-29-48-44(32-38)43-30-36(34-16-10-6-11-17-34)22-27-47(43)50(48)40-25-20-35(21-26-40)33-14-8-5-9-15-33;1-2/h3-32H,1-2H3;1-2H3/b41-3-,45-4+;. The molecule has 0 fully saturated rings. The van der Waals surface area contributed by atoms with Gasteiger partial charge >= 0.3 is 0 Å². The Labute approximate surface area is 305 Å². The molecule has 0 bridgehead atoms. The highest BCUT2D eigenvalue weighted by molar-refractivity contribution is 6.11. The van der Waals surface area contributed by atoms with E-state index in [0.29, 0.717) is 0 Å². The van der Waals surface area contributed by atoms with Crippen molar-refractivity contribution in [1.82, 2.24) is 9.13 Å². The lowest BCUT2D eigenvalue weighted by atomic mass is 9.99. The van der Waals surface area contributed by atoms with Gasteiger partial charge in [-0.2, -0.15) is 0 Å². The molecule has 2 heteroatoms. The Kier molecular flexibility index (Phi) is 8.89. The number of rotatable bonds is 5. The fourth-order valence-electron chi connectivity index (χ4n) is 7.68. The molecule has 0 saturated heterocycles. The number of fused-ring (bicyclic) bond motifs is 4. The Morgan fingerprint density at radius 3 is 1.23 bits per heavy atom. The van der Waals surface area contributed by atoms with E-state index in [0.717, 1.165) is 5.69 Å². The van der Waals surface area contributed by atoms with Crippen molar-refractivity contribution >= 4 is 44.9 Å². The number of hydrogen-bond acceptors (Lipinski definition) is 0. The van der Waals surface area contributed by atoms with E-state index in [2.05, 4.69) is 205 Å². The normalized spacial score (nSPS) is 12.1. The number of hydrogen-bond donors (Lipinski definition) is 0. The van der Waals surface area contributed by atoms with E-state index in [4.69, 9.17) is 0 Å². The van der Waals surface area contributed by atoms with Crippen molar-refractivity contribution in [3.63, 3.8) is 0 Å². The molecular formula is C50H42N2. The lowest BCUT2D eigenvalue weighted by Crippen LogP contribution is -2.27. The van der Waals surface area contributed by atoms with Gasteiger partial charge in [0.1, 0.15) is 0 Å². The van der Waals surface area contributed by atoms with Gasteiger partial charge < -0.3 is 9.13 Å². The first-order chi connectivity index (χ1) is 25.7. The van der Waals surface area contributed by atoms with Crippen molar-refractivity contribution in [3.8, 4) is 44.8 Å². The third-order valence-electron chi connectivity index (χ3n) is 10.1. The maximum absolute atomic E-state index is 2.41. The molecule has 52 heavy (non-hydrogen) atoms. The third-order valence-corrected chi connectivity index (χ3v) is 10.1. The van der Waals surface area contributed by atoms with Gasteiger partial charge in [-0.15, -0.1) is 0 Å². The molecule has 0 aliphatic carbocycles. The van der Waals surface area contributed by atoms with Gasteiger partial charge in [-0.25, -0.2) is 0 Å². The average molecular weight is 671 g/mol. The predicted octanol–water partition coefficient (Wildman–Crippen LogP) is 12.4. The van der Waals surface area contributed by atoms with E-state index in [-0.39, 0.29) is 0 Å². The van der Waals surface area contributed by atoms with Crippen LogP contribution in [0.3, 0.4) is 0 Å². The lowest BCUT2D eigenvalue weighted by Gasteiger charge is -2.10. The van der Waals surface area contributed by atoms with Gasteiger partial charge in [0.2, 0.25) is 0 Å². The molecule has 2 heterocycles. The second kappa shape index (κ2) is 14.1. The lowest BCUT2D eigenvalue weighted by molar-refractivity contribution is 1.07. The summed E-state index contributed by atoms with van der Waals surface area (Å²) in [5.74, 6) is 0. The summed E-state index contributed by atoms with van der Waals surface area (Å²) in [6.45, 7) is 8.27. The SMILES string of the molecule is C/C=c1\c(=C/C)n(-c2ccccc2)c2ccc(-c3ccc4c(c3)c3cc(-c5ccccc5)ccc3n4-c3ccc(-c4ccccc4)cc3)cc12.CC. The van der Waals surface area contributed by atoms with E-state index in [1.54, 1.807) is 0 Å². The zero-order chi connectivity index (χ0) is 35.6. The molecule has 0 atom stereocenters. The molecule has 9 rings (SSSR count). The molecule has 0 spiro atoms. The minimum absolute atomic E-state index is 1.15. The Bertz CT molecular complexity index is 2790. The number of benzene rings is 7. The van der Waals surface area contributed by atoms with E-state index in [9.17, 15) is 0 Å². The summed E-state index contributed by atoms with van der Waals surface area (Å²) in [4.78, 5) is 0. The summed E-state index contributed by atoms with van der Waals surface area (Å²) in [5, 5.41) is 6.23. The van der Waals surface area contributed by atoms with Crippen LogP contribution < -0.4 is 10.6 Å². The van der Waals surface area contributed by atoms with Crippen molar-refractivity contribution in [2.45, 2.75) is 27.7 Å². The highest BCUT2D eigenvalue weighted by Crippen LogP contribution is 2.38. The fourth-order valence-corrected chi connectivity index (χ4v) is 7.68. The Morgan fingerprint density at radius 2 is 0.731 bits per heavy atom. The van der Waals surface area contributed by atoms with Gasteiger partial charge in [0.15, 0.2) is 0 Å². The molecule has 7 aromatic carbocycles. The first kappa shape index (κ1) is 32.8. The molecule has 2 aromatic heterocycles.